The van der Waals surface area contributed by atoms with E-state index in [-0.39, 0.29) is 11.8 Å². The molecule has 0 saturated carbocycles. The summed E-state index contributed by atoms with van der Waals surface area (Å²) < 4.78 is 0. The molecular formula is C30H29N5O2. The van der Waals surface area contributed by atoms with Crippen LogP contribution in [0.4, 0.5) is 0 Å². The van der Waals surface area contributed by atoms with Crippen molar-refractivity contribution in [2.24, 2.45) is 5.92 Å². The molecule has 186 valence electrons. The maximum Gasteiger partial charge on any atom is 0.254 e. The Labute approximate surface area is 215 Å². The standard InChI is InChI=1S/C30H29N5O2/c1-19(2)17-32-30(37)26(15-20-9-4-3-5-10-20)34-29(36)23-13-8-14-24-27(23)35-28(33-24)25-16-21-11-6-7-12-22(21)18-31-25/h3-14,16,18-19,26H,15,17H2,1-2H3,(H,32,37)(H,33,35)(H,34,36)/t26-/m0/s1. The van der Waals surface area contributed by atoms with Crippen LogP contribution >= 0.6 is 0 Å². The van der Waals surface area contributed by atoms with Gasteiger partial charge in [-0.25, -0.2) is 4.98 Å². The Morgan fingerprint density at radius 2 is 1.68 bits per heavy atom. The monoisotopic (exact) mass is 491 g/mol. The predicted molar refractivity (Wildman–Crippen MR) is 146 cm³/mol. The van der Waals surface area contributed by atoms with E-state index in [0.29, 0.717) is 41.5 Å². The molecular weight excluding hydrogens is 462 g/mol. The molecule has 0 spiro atoms. The largest absolute Gasteiger partial charge is 0.354 e. The smallest absolute Gasteiger partial charge is 0.254 e. The van der Waals surface area contributed by atoms with Crippen LogP contribution in [0.25, 0.3) is 33.3 Å². The number of para-hydroxylation sites is 1. The maximum absolute atomic E-state index is 13.5. The van der Waals surface area contributed by atoms with Crippen LogP contribution in [0.5, 0.6) is 0 Å². The van der Waals surface area contributed by atoms with Crippen molar-refractivity contribution in [1.29, 1.82) is 0 Å². The van der Waals surface area contributed by atoms with Crippen LogP contribution in [0.2, 0.25) is 0 Å². The number of hydrogen-bond donors (Lipinski definition) is 3. The lowest BCUT2D eigenvalue weighted by Crippen LogP contribution is -2.48. The number of carbonyl (C=O) groups is 2. The van der Waals surface area contributed by atoms with Gasteiger partial charge in [0.1, 0.15) is 17.3 Å². The quantitative estimate of drug-likeness (QED) is 0.288. The Kier molecular flexibility index (Phi) is 6.94. The Balaban J connectivity index is 1.43. The molecule has 5 rings (SSSR count). The fourth-order valence-corrected chi connectivity index (χ4v) is 4.27. The lowest BCUT2D eigenvalue weighted by Gasteiger charge is -2.19. The van der Waals surface area contributed by atoms with Gasteiger partial charge in [-0.15, -0.1) is 0 Å². The predicted octanol–water partition coefficient (Wildman–Crippen LogP) is 4.89. The van der Waals surface area contributed by atoms with Gasteiger partial charge in [-0.1, -0.05) is 74.5 Å². The second kappa shape index (κ2) is 10.6. The molecule has 3 N–H and O–H groups in total. The highest BCUT2D eigenvalue weighted by molar-refractivity contribution is 6.06. The summed E-state index contributed by atoms with van der Waals surface area (Å²) in [4.78, 5) is 39.1. The second-order valence-electron chi connectivity index (χ2n) is 9.56. The molecule has 2 aromatic heterocycles. The number of nitrogens with one attached hydrogen (secondary N) is 3. The number of nitrogens with zero attached hydrogens (tertiary/aromatic N) is 2. The van der Waals surface area contributed by atoms with Crippen molar-refractivity contribution in [2.45, 2.75) is 26.3 Å². The van der Waals surface area contributed by atoms with E-state index in [4.69, 9.17) is 4.98 Å². The number of amides is 2. The summed E-state index contributed by atoms with van der Waals surface area (Å²) in [5.74, 6) is 0.324. The number of pyridine rings is 1. The van der Waals surface area contributed by atoms with Crippen LogP contribution in [0, 0.1) is 5.92 Å². The van der Waals surface area contributed by atoms with Gasteiger partial charge in [0, 0.05) is 24.5 Å². The summed E-state index contributed by atoms with van der Waals surface area (Å²) in [5.41, 5.74) is 3.31. The van der Waals surface area contributed by atoms with Crippen molar-refractivity contribution < 1.29 is 9.59 Å². The number of rotatable bonds is 8. The first kappa shape index (κ1) is 24.2. The zero-order valence-electron chi connectivity index (χ0n) is 20.9. The molecule has 2 amide bonds. The van der Waals surface area contributed by atoms with Crippen molar-refractivity contribution in [1.82, 2.24) is 25.6 Å². The molecule has 0 saturated heterocycles. The number of hydrogen-bond acceptors (Lipinski definition) is 4. The molecule has 5 aromatic rings. The third-order valence-electron chi connectivity index (χ3n) is 6.22. The third kappa shape index (κ3) is 5.51. The second-order valence-corrected chi connectivity index (χ2v) is 9.56. The highest BCUT2D eigenvalue weighted by Gasteiger charge is 2.24. The molecule has 3 aromatic carbocycles. The van der Waals surface area contributed by atoms with E-state index in [1.54, 1.807) is 12.1 Å². The van der Waals surface area contributed by atoms with Crippen LogP contribution in [-0.4, -0.2) is 39.4 Å². The number of aromatic amines is 1. The van der Waals surface area contributed by atoms with Crippen molar-refractivity contribution >= 4 is 33.6 Å². The summed E-state index contributed by atoms with van der Waals surface area (Å²) in [6.45, 7) is 4.60. The molecule has 7 nitrogen and oxygen atoms in total. The molecule has 0 aliphatic heterocycles. The van der Waals surface area contributed by atoms with Crippen molar-refractivity contribution in [3.8, 4) is 11.5 Å². The topological polar surface area (TPSA) is 99.8 Å². The van der Waals surface area contributed by atoms with E-state index < -0.39 is 6.04 Å². The number of H-pyrrole nitrogens is 1. The van der Waals surface area contributed by atoms with E-state index in [1.165, 1.54) is 0 Å². The summed E-state index contributed by atoms with van der Waals surface area (Å²) in [6.07, 6.45) is 2.20. The normalized spacial score (nSPS) is 12.1. The van der Waals surface area contributed by atoms with Gasteiger partial charge >= 0.3 is 0 Å². The first-order valence-corrected chi connectivity index (χ1v) is 12.4. The van der Waals surface area contributed by atoms with E-state index in [2.05, 4.69) is 20.6 Å². The van der Waals surface area contributed by atoms with Gasteiger partial charge in [0.15, 0.2) is 5.82 Å². The van der Waals surface area contributed by atoms with Crippen molar-refractivity contribution in [3.05, 3.63) is 96.2 Å². The first-order chi connectivity index (χ1) is 18.0. The van der Waals surface area contributed by atoms with Gasteiger partial charge in [-0.2, -0.15) is 0 Å². The lowest BCUT2D eigenvalue weighted by atomic mass is 10.0. The van der Waals surface area contributed by atoms with E-state index >= 15 is 0 Å². The number of aromatic nitrogens is 3. The molecule has 7 heteroatoms. The molecule has 0 unspecified atom stereocenters. The number of benzene rings is 3. The van der Waals surface area contributed by atoms with Crippen LogP contribution in [0.15, 0.2) is 85.1 Å². The Morgan fingerprint density at radius 1 is 0.919 bits per heavy atom. The molecule has 0 radical (unpaired) electrons. The van der Waals surface area contributed by atoms with Crippen LogP contribution in [0.3, 0.4) is 0 Å². The maximum atomic E-state index is 13.5. The number of carbonyl (C=O) groups excluding carboxylic acids is 2. The fourth-order valence-electron chi connectivity index (χ4n) is 4.27. The summed E-state index contributed by atoms with van der Waals surface area (Å²) >= 11 is 0. The zero-order valence-corrected chi connectivity index (χ0v) is 20.9. The fraction of sp³-hybridized carbons (Fsp3) is 0.200. The summed E-state index contributed by atoms with van der Waals surface area (Å²) in [6, 6.07) is 24.3. The SMILES string of the molecule is CC(C)CNC(=O)[C@H](Cc1ccccc1)NC(=O)c1cccc2[nH]c(-c3cc4ccccc4cn3)nc12. The molecule has 0 aliphatic rings. The molecule has 0 aliphatic carbocycles. The minimum absolute atomic E-state index is 0.207. The van der Waals surface area contributed by atoms with E-state index in [0.717, 1.165) is 21.9 Å². The molecule has 2 heterocycles. The Bertz CT molecular complexity index is 1560. The average molecular weight is 492 g/mol. The van der Waals surface area contributed by atoms with Gasteiger partial charge in [-0.05, 0) is 35.1 Å². The van der Waals surface area contributed by atoms with E-state index in [9.17, 15) is 9.59 Å². The molecule has 1 atom stereocenters. The molecule has 0 bridgehead atoms. The minimum atomic E-state index is -0.718. The van der Waals surface area contributed by atoms with Crippen LogP contribution in [-0.2, 0) is 11.2 Å². The number of fused-ring (bicyclic) bond motifs is 2. The highest BCUT2D eigenvalue weighted by Crippen LogP contribution is 2.24. The Hall–Kier alpha value is -4.52. The first-order valence-electron chi connectivity index (χ1n) is 12.4. The van der Waals surface area contributed by atoms with Crippen LogP contribution < -0.4 is 10.6 Å². The summed E-state index contributed by atoms with van der Waals surface area (Å²) in [7, 11) is 0. The van der Waals surface area contributed by atoms with Crippen molar-refractivity contribution in [2.75, 3.05) is 6.54 Å². The third-order valence-corrected chi connectivity index (χ3v) is 6.22. The average Bonchev–Trinajstić information content (AvgIpc) is 3.36. The number of imidazole rings is 1. The van der Waals surface area contributed by atoms with E-state index in [1.807, 2.05) is 86.8 Å². The lowest BCUT2D eigenvalue weighted by molar-refractivity contribution is -0.123. The van der Waals surface area contributed by atoms with Gasteiger partial charge in [0.25, 0.3) is 5.91 Å². The van der Waals surface area contributed by atoms with Gasteiger partial charge < -0.3 is 15.6 Å². The molecule has 0 fully saturated rings. The minimum Gasteiger partial charge on any atom is -0.354 e. The van der Waals surface area contributed by atoms with Gasteiger partial charge in [-0.3, -0.25) is 14.6 Å². The molecule has 37 heavy (non-hydrogen) atoms. The Morgan fingerprint density at radius 3 is 2.46 bits per heavy atom. The summed E-state index contributed by atoms with van der Waals surface area (Å²) in [5, 5.41) is 8.00. The van der Waals surface area contributed by atoms with Crippen molar-refractivity contribution in [3.63, 3.8) is 0 Å². The van der Waals surface area contributed by atoms with Crippen LogP contribution in [0.1, 0.15) is 29.8 Å². The van der Waals surface area contributed by atoms with Gasteiger partial charge in [0.2, 0.25) is 5.91 Å². The highest BCUT2D eigenvalue weighted by atomic mass is 16.2. The van der Waals surface area contributed by atoms with Gasteiger partial charge in [0.05, 0.1) is 11.1 Å². The zero-order chi connectivity index (χ0) is 25.8.